The Balaban J connectivity index is 1.66. The first-order valence-electron chi connectivity index (χ1n) is 11.1. The second-order valence-corrected chi connectivity index (χ2v) is 9.89. The molecule has 2 amide bonds. The zero-order valence-electron chi connectivity index (χ0n) is 20.1. The highest BCUT2D eigenvalue weighted by Gasteiger charge is 2.38. The number of benzene rings is 2. The lowest BCUT2D eigenvalue weighted by molar-refractivity contribution is -0.144. The number of aromatic nitrogens is 2. The van der Waals surface area contributed by atoms with Crippen LogP contribution in [0.1, 0.15) is 12.1 Å². The minimum absolute atomic E-state index is 0.0876. The minimum atomic E-state index is -4.99. The van der Waals surface area contributed by atoms with Gasteiger partial charge in [0.15, 0.2) is 5.17 Å². The molecule has 1 atom stereocenters. The maximum atomic E-state index is 14.8. The maximum absolute atomic E-state index is 14.8. The van der Waals surface area contributed by atoms with Crippen molar-refractivity contribution in [2.24, 2.45) is 12.0 Å². The van der Waals surface area contributed by atoms with Crippen molar-refractivity contribution < 1.29 is 27.2 Å². The van der Waals surface area contributed by atoms with Crippen LogP contribution in [0.3, 0.4) is 0 Å². The summed E-state index contributed by atoms with van der Waals surface area (Å²) in [5, 5.41) is 1.68. The van der Waals surface area contributed by atoms with E-state index in [0.717, 1.165) is 35.8 Å². The Hall–Kier alpha value is -3.91. The van der Waals surface area contributed by atoms with Crippen LogP contribution in [0.2, 0.25) is 5.02 Å². The van der Waals surface area contributed by atoms with E-state index in [0.29, 0.717) is 5.69 Å². The zero-order valence-corrected chi connectivity index (χ0v) is 21.7. The lowest BCUT2D eigenvalue weighted by Crippen LogP contribution is -2.41. The van der Waals surface area contributed by atoms with Gasteiger partial charge >= 0.3 is 11.9 Å². The topological polar surface area (TPSA) is 106 Å². The van der Waals surface area contributed by atoms with E-state index in [4.69, 9.17) is 11.6 Å². The molecule has 15 heteroatoms. The van der Waals surface area contributed by atoms with Crippen molar-refractivity contribution in [3.05, 3.63) is 85.9 Å². The van der Waals surface area contributed by atoms with Crippen molar-refractivity contribution in [3.8, 4) is 5.69 Å². The Kier molecular flexibility index (Phi) is 7.70. The van der Waals surface area contributed by atoms with Crippen LogP contribution in [0.4, 0.5) is 28.9 Å². The third-order valence-corrected chi connectivity index (χ3v) is 7.18. The smallest absolute Gasteiger partial charge is 0.326 e. The average Bonchev–Trinajstić information content (AvgIpc) is 3.11. The fourth-order valence-electron chi connectivity index (χ4n) is 3.71. The van der Waals surface area contributed by atoms with Gasteiger partial charge in [-0.1, -0.05) is 41.6 Å². The number of aliphatic imine (C=N–C) groups is 1. The molecule has 0 radical (unpaired) electrons. The number of amidine groups is 1. The second-order valence-electron chi connectivity index (χ2n) is 8.31. The molecule has 0 bridgehead atoms. The number of nitrogens with one attached hydrogen (secondary N) is 1. The van der Waals surface area contributed by atoms with Gasteiger partial charge < -0.3 is 5.32 Å². The van der Waals surface area contributed by atoms with Crippen LogP contribution < -0.4 is 16.6 Å². The standard InChI is InChI=1S/C24H18ClF4N5O4S/c1-32-18(24(27,28)29)11-20(36)34(23(32)38)16-9-15(13(25)8-14(16)26)31-22-33(2)21(37)17(39-22)10-19(35)30-12-6-4-3-5-7-12/h3-9,11,17H,10H2,1-2H3,(H,30,35)/b31-22-. The van der Waals surface area contributed by atoms with Gasteiger partial charge in [-0.2, -0.15) is 13.2 Å². The number of thioether (sulfide) groups is 1. The van der Waals surface area contributed by atoms with Crippen molar-refractivity contribution in [1.82, 2.24) is 14.0 Å². The van der Waals surface area contributed by atoms with Crippen molar-refractivity contribution in [1.29, 1.82) is 0 Å². The molecule has 1 aliphatic rings. The number of hydrogen-bond donors (Lipinski definition) is 1. The summed E-state index contributed by atoms with van der Waals surface area (Å²) in [7, 11) is 2.19. The van der Waals surface area contributed by atoms with Crippen molar-refractivity contribution in [2.45, 2.75) is 17.8 Å². The predicted octanol–water partition coefficient (Wildman–Crippen LogP) is 3.94. The summed E-state index contributed by atoms with van der Waals surface area (Å²) in [5.41, 5.74) is -4.67. The van der Waals surface area contributed by atoms with E-state index in [1.807, 2.05) is 0 Å². The van der Waals surface area contributed by atoms with Gasteiger partial charge in [-0.15, -0.1) is 0 Å². The van der Waals surface area contributed by atoms with Crippen LogP contribution in [-0.4, -0.2) is 43.3 Å². The first-order valence-corrected chi connectivity index (χ1v) is 12.3. The fraction of sp³-hybridized carbons (Fsp3) is 0.208. The number of hydrogen-bond acceptors (Lipinski definition) is 6. The molecule has 1 saturated heterocycles. The summed E-state index contributed by atoms with van der Waals surface area (Å²) >= 11 is 7.06. The highest BCUT2D eigenvalue weighted by molar-refractivity contribution is 8.15. The molecule has 9 nitrogen and oxygen atoms in total. The van der Waals surface area contributed by atoms with E-state index < -0.39 is 51.7 Å². The summed E-state index contributed by atoms with van der Waals surface area (Å²) < 4.78 is 54.7. The molecular weight excluding hydrogens is 566 g/mol. The van der Waals surface area contributed by atoms with Gasteiger partial charge in [0, 0.05) is 32.3 Å². The van der Waals surface area contributed by atoms with Crippen molar-refractivity contribution in [3.63, 3.8) is 0 Å². The number of amides is 2. The third kappa shape index (κ3) is 5.76. The highest BCUT2D eigenvalue weighted by Crippen LogP contribution is 2.35. The molecule has 1 aliphatic heterocycles. The Morgan fingerprint density at radius 2 is 1.77 bits per heavy atom. The number of carbonyl (C=O) groups is 2. The molecule has 0 aliphatic carbocycles. The number of carbonyl (C=O) groups excluding carboxylic acids is 2. The first kappa shape index (κ1) is 28.1. The van der Waals surface area contributed by atoms with Gasteiger partial charge in [-0.25, -0.2) is 18.7 Å². The minimum Gasteiger partial charge on any atom is -0.326 e. The quantitative estimate of drug-likeness (QED) is 0.458. The molecule has 39 heavy (non-hydrogen) atoms. The number of rotatable bonds is 5. The molecule has 204 valence electrons. The van der Waals surface area contributed by atoms with Gasteiger partial charge in [0.25, 0.3) is 5.56 Å². The molecule has 2 heterocycles. The van der Waals surface area contributed by atoms with Crippen LogP contribution in [0, 0.1) is 5.82 Å². The number of anilines is 1. The summed E-state index contributed by atoms with van der Waals surface area (Å²) in [4.78, 5) is 55.6. The summed E-state index contributed by atoms with van der Waals surface area (Å²) in [6, 6.07) is 10.4. The average molecular weight is 584 g/mol. The van der Waals surface area contributed by atoms with Gasteiger partial charge in [0.05, 0.1) is 16.4 Å². The summed E-state index contributed by atoms with van der Waals surface area (Å²) in [6.07, 6.45) is -5.17. The van der Waals surface area contributed by atoms with E-state index >= 15 is 0 Å². The zero-order chi connectivity index (χ0) is 28.6. The van der Waals surface area contributed by atoms with Crippen LogP contribution >= 0.6 is 23.4 Å². The molecule has 2 aromatic carbocycles. The molecule has 4 rings (SSSR count). The SMILES string of the molecule is CN1C(=O)C(CC(=O)Nc2ccccc2)S/C1=N\c1cc(-n2c(=O)cc(C(F)(F)F)n(C)c2=O)c(F)cc1Cl. The first-order chi connectivity index (χ1) is 18.3. The molecule has 1 N–H and O–H groups in total. The third-order valence-electron chi connectivity index (χ3n) is 5.65. The van der Waals surface area contributed by atoms with Gasteiger partial charge in [-0.3, -0.25) is 23.9 Å². The van der Waals surface area contributed by atoms with Crippen LogP contribution in [0.25, 0.3) is 5.69 Å². The van der Waals surface area contributed by atoms with E-state index in [1.165, 1.54) is 7.05 Å². The fourth-order valence-corrected chi connectivity index (χ4v) is 5.05. The highest BCUT2D eigenvalue weighted by atomic mass is 35.5. The monoisotopic (exact) mass is 583 g/mol. The van der Waals surface area contributed by atoms with Gasteiger partial charge in [0.1, 0.15) is 16.8 Å². The van der Waals surface area contributed by atoms with Crippen molar-refractivity contribution >= 4 is 51.7 Å². The van der Waals surface area contributed by atoms with Crippen LogP contribution in [-0.2, 0) is 22.8 Å². The number of alkyl halides is 3. The Morgan fingerprint density at radius 3 is 2.41 bits per heavy atom. The summed E-state index contributed by atoms with van der Waals surface area (Å²) in [5.74, 6) is -2.02. The number of para-hydroxylation sites is 1. The van der Waals surface area contributed by atoms with Gasteiger partial charge in [-0.05, 0) is 24.3 Å². The molecule has 1 fully saturated rings. The molecule has 0 saturated carbocycles. The van der Waals surface area contributed by atoms with Crippen LogP contribution in [0.15, 0.2) is 63.1 Å². The molecule has 1 unspecified atom stereocenters. The molecular formula is C24H18ClF4N5O4S. The van der Waals surface area contributed by atoms with Crippen molar-refractivity contribution in [2.75, 3.05) is 12.4 Å². The molecule has 3 aromatic rings. The number of halogens is 5. The predicted molar refractivity (Wildman–Crippen MR) is 138 cm³/mol. The normalized spacial score (nSPS) is 16.7. The summed E-state index contributed by atoms with van der Waals surface area (Å²) in [6.45, 7) is 0. The second kappa shape index (κ2) is 10.7. The molecule has 0 spiro atoms. The lowest BCUT2D eigenvalue weighted by Gasteiger charge is -2.15. The van der Waals surface area contributed by atoms with E-state index in [9.17, 15) is 36.7 Å². The number of nitrogens with zero attached hydrogens (tertiary/aromatic N) is 4. The van der Waals surface area contributed by atoms with E-state index in [2.05, 4.69) is 10.3 Å². The Morgan fingerprint density at radius 1 is 1.10 bits per heavy atom. The Bertz CT molecular complexity index is 1620. The van der Waals surface area contributed by atoms with Gasteiger partial charge in [0.2, 0.25) is 11.8 Å². The largest absolute Gasteiger partial charge is 0.431 e. The van der Waals surface area contributed by atoms with E-state index in [1.54, 1.807) is 30.3 Å². The maximum Gasteiger partial charge on any atom is 0.431 e. The molecule has 1 aromatic heterocycles. The van der Waals surface area contributed by atoms with E-state index in [-0.39, 0.29) is 37.5 Å². The van der Waals surface area contributed by atoms with Crippen LogP contribution in [0.5, 0.6) is 0 Å². The Labute approximate surface area is 226 Å². The lowest BCUT2D eigenvalue weighted by atomic mass is 10.2.